The standard InChI is InChI=1S/C24H32N4O2/c1-16-10-17(2)24(18(3)11-16)26-22(29)12-25-23(30)15-28-14-20-8-6-7-9-21(20)27(5)13-19(28)4/h6-11,19H,12-15H2,1-5H3,(H,25,30)(H,26,29). The van der Waals surface area contributed by atoms with Gasteiger partial charge in [-0.1, -0.05) is 35.9 Å². The van der Waals surface area contributed by atoms with Crippen molar-refractivity contribution in [3.8, 4) is 0 Å². The van der Waals surface area contributed by atoms with Crippen LogP contribution < -0.4 is 15.5 Å². The third-order valence-corrected chi connectivity index (χ3v) is 5.67. The molecule has 0 radical (unpaired) electrons. The molecular formula is C24H32N4O2. The normalized spacial score (nSPS) is 16.6. The Balaban J connectivity index is 1.56. The second-order valence-electron chi connectivity index (χ2n) is 8.36. The molecule has 1 aliphatic rings. The Morgan fingerprint density at radius 3 is 2.43 bits per heavy atom. The lowest BCUT2D eigenvalue weighted by atomic mass is 10.1. The van der Waals surface area contributed by atoms with E-state index in [9.17, 15) is 9.59 Å². The Morgan fingerprint density at radius 2 is 1.73 bits per heavy atom. The largest absolute Gasteiger partial charge is 0.373 e. The van der Waals surface area contributed by atoms with Gasteiger partial charge in [-0.3, -0.25) is 14.5 Å². The molecule has 1 aliphatic heterocycles. The van der Waals surface area contributed by atoms with Crippen molar-refractivity contribution in [2.75, 3.05) is 36.9 Å². The third-order valence-electron chi connectivity index (χ3n) is 5.67. The van der Waals surface area contributed by atoms with Crippen molar-refractivity contribution >= 4 is 23.2 Å². The Bertz CT molecular complexity index is 918. The van der Waals surface area contributed by atoms with Crippen molar-refractivity contribution in [1.82, 2.24) is 10.2 Å². The Morgan fingerprint density at radius 1 is 1.07 bits per heavy atom. The molecule has 1 heterocycles. The number of hydrogen-bond acceptors (Lipinski definition) is 4. The summed E-state index contributed by atoms with van der Waals surface area (Å²) in [6.07, 6.45) is 0. The summed E-state index contributed by atoms with van der Waals surface area (Å²) >= 11 is 0. The molecule has 6 heteroatoms. The first-order chi connectivity index (χ1) is 14.2. The average Bonchev–Trinajstić information content (AvgIpc) is 2.79. The van der Waals surface area contributed by atoms with Gasteiger partial charge in [0.25, 0.3) is 0 Å². The van der Waals surface area contributed by atoms with E-state index < -0.39 is 0 Å². The van der Waals surface area contributed by atoms with Crippen LogP contribution in [-0.2, 0) is 16.1 Å². The molecule has 0 saturated heterocycles. The minimum absolute atomic E-state index is 0.0374. The molecule has 0 aromatic heterocycles. The Kier molecular flexibility index (Phi) is 6.77. The van der Waals surface area contributed by atoms with Crippen molar-refractivity contribution in [3.63, 3.8) is 0 Å². The SMILES string of the molecule is Cc1cc(C)c(NC(=O)CNC(=O)CN2Cc3ccccc3N(C)CC2C)c(C)c1. The molecule has 1 unspecified atom stereocenters. The van der Waals surface area contributed by atoms with Crippen LogP contribution in [-0.4, -0.2) is 49.4 Å². The van der Waals surface area contributed by atoms with Gasteiger partial charge in [-0.15, -0.1) is 0 Å². The highest BCUT2D eigenvalue weighted by molar-refractivity contribution is 5.96. The van der Waals surface area contributed by atoms with Gasteiger partial charge in [0.2, 0.25) is 11.8 Å². The van der Waals surface area contributed by atoms with Gasteiger partial charge in [0.15, 0.2) is 0 Å². The van der Waals surface area contributed by atoms with Gasteiger partial charge in [-0.2, -0.15) is 0 Å². The lowest BCUT2D eigenvalue weighted by molar-refractivity contribution is -0.125. The quantitative estimate of drug-likeness (QED) is 0.798. The zero-order valence-corrected chi connectivity index (χ0v) is 18.6. The second-order valence-corrected chi connectivity index (χ2v) is 8.36. The number of hydrogen-bond donors (Lipinski definition) is 2. The van der Waals surface area contributed by atoms with Crippen molar-refractivity contribution < 1.29 is 9.59 Å². The summed E-state index contributed by atoms with van der Waals surface area (Å²) in [5, 5.41) is 5.70. The van der Waals surface area contributed by atoms with E-state index in [2.05, 4.69) is 46.5 Å². The van der Waals surface area contributed by atoms with Crippen LogP contribution >= 0.6 is 0 Å². The molecule has 2 aromatic rings. The van der Waals surface area contributed by atoms with Crippen LogP contribution in [0.25, 0.3) is 0 Å². The lowest BCUT2D eigenvalue weighted by Crippen LogP contribution is -2.45. The van der Waals surface area contributed by atoms with E-state index in [4.69, 9.17) is 0 Å². The first kappa shape index (κ1) is 21.8. The Hall–Kier alpha value is -2.86. The van der Waals surface area contributed by atoms with Crippen LogP contribution in [0.3, 0.4) is 0 Å². The van der Waals surface area contributed by atoms with E-state index in [-0.39, 0.29) is 30.9 Å². The highest BCUT2D eigenvalue weighted by Gasteiger charge is 2.24. The minimum Gasteiger partial charge on any atom is -0.373 e. The molecule has 30 heavy (non-hydrogen) atoms. The molecule has 3 rings (SSSR count). The summed E-state index contributed by atoms with van der Waals surface area (Å²) in [5.74, 6) is -0.358. The van der Waals surface area contributed by atoms with Gasteiger partial charge in [0.05, 0.1) is 13.1 Å². The maximum absolute atomic E-state index is 12.6. The fraction of sp³-hybridized carbons (Fsp3) is 0.417. The highest BCUT2D eigenvalue weighted by atomic mass is 16.2. The average molecular weight is 409 g/mol. The zero-order chi connectivity index (χ0) is 21.8. The number of carbonyl (C=O) groups is 2. The fourth-order valence-corrected chi connectivity index (χ4v) is 4.19. The van der Waals surface area contributed by atoms with Gasteiger partial charge in [-0.25, -0.2) is 0 Å². The molecular weight excluding hydrogens is 376 g/mol. The molecule has 2 N–H and O–H groups in total. The van der Waals surface area contributed by atoms with Crippen LogP contribution in [0.15, 0.2) is 36.4 Å². The molecule has 0 saturated carbocycles. The number of aryl methyl sites for hydroxylation is 3. The summed E-state index contributed by atoms with van der Waals surface area (Å²) < 4.78 is 0. The molecule has 2 aromatic carbocycles. The lowest BCUT2D eigenvalue weighted by Gasteiger charge is -2.27. The number of rotatable bonds is 5. The maximum atomic E-state index is 12.6. The summed E-state index contributed by atoms with van der Waals surface area (Å²) in [5.41, 5.74) is 6.44. The van der Waals surface area contributed by atoms with Crippen LogP contribution in [0.1, 0.15) is 29.2 Å². The van der Waals surface area contributed by atoms with E-state index in [0.717, 1.165) is 28.9 Å². The van der Waals surface area contributed by atoms with Crippen molar-refractivity contribution in [3.05, 3.63) is 58.7 Å². The van der Waals surface area contributed by atoms with Crippen molar-refractivity contribution in [2.45, 2.75) is 40.3 Å². The number of nitrogens with one attached hydrogen (secondary N) is 2. The Labute approximate surface area is 179 Å². The number of fused-ring (bicyclic) bond motifs is 1. The number of amides is 2. The van der Waals surface area contributed by atoms with E-state index in [1.54, 1.807) is 0 Å². The first-order valence-corrected chi connectivity index (χ1v) is 10.4. The third kappa shape index (κ3) is 5.19. The summed E-state index contributed by atoms with van der Waals surface area (Å²) in [7, 11) is 2.08. The molecule has 2 amide bonds. The molecule has 0 spiro atoms. The first-order valence-electron chi connectivity index (χ1n) is 10.4. The van der Waals surface area contributed by atoms with Crippen LogP contribution in [0.2, 0.25) is 0 Å². The molecule has 0 bridgehead atoms. The van der Waals surface area contributed by atoms with E-state index in [1.807, 2.05) is 45.0 Å². The molecule has 1 atom stereocenters. The number of anilines is 2. The topological polar surface area (TPSA) is 64.7 Å². The number of para-hydroxylation sites is 1. The molecule has 160 valence electrons. The minimum atomic E-state index is -0.215. The van der Waals surface area contributed by atoms with E-state index in [1.165, 1.54) is 11.3 Å². The molecule has 6 nitrogen and oxygen atoms in total. The fourth-order valence-electron chi connectivity index (χ4n) is 4.19. The second kappa shape index (κ2) is 9.30. The van der Waals surface area contributed by atoms with E-state index >= 15 is 0 Å². The molecule has 0 aliphatic carbocycles. The van der Waals surface area contributed by atoms with Crippen LogP contribution in [0.5, 0.6) is 0 Å². The smallest absolute Gasteiger partial charge is 0.243 e. The van der Waals surface area contributed by atoms with Gasteiger partial charge >= 0.3 is 0 Å². The number of nitrogens with zero attached hydrogens (tertiary/aromatic N) is 2. The van der Waals surface area contributed by atoms with Gasteiger partial charge < -0.3 is 15.5 Å². The zero-order valence-electron chi connectivity index (χ0n) is 18.6. The molecule has 0 fully saturated rings. The number of likely N-dealkylation sites (N-methyl/N-ethyl adjacent to an activating group) is 1. The van der Waals surface area contributed by atoms with Crippen molar-refractivity contribution in [1.29, 1.82) is 0 Å². The summed E-state index contributed by atoms with van der Waals surface area (Å²) in [6.45, 7) is 9.90. The van der Waals surface area contributed by atoms with Gasteiger partial charge in [-0.05, 0) is 50.5 Å². The number of benzene rings is 2. The monoisotopic (exact) mass is 408 g/mol. The maximum Gasteiger partial charge on any atom is 0.243 e. The van der Waals surface area contributed by atoms with E-state index in [0.29, 0.717) is 6.54 Å². The van der Waals surface area contributed by atoms with Crippen molar-refractivity contribution in [2.24, 2.45) is 0 Å². The van der Waals surface area contributed by atoms with Gasteiger partial charge in [0, 0.05) is 37.6 Å². The number of carbonyl (C=O) groups excluding carboxylic acids is 2. The highest BCUT2D eigenvalue weighted by Crippen LogP contribution is 2.25. The van der Waals surface area contributed by atoms with Crippen LogP contribution in [0, 0.1) is 20.8 Å². The predicted octanol–water partition coefficient (Wildman–Crippen LogP) is 3.01. The van der Waals surface area contributed by atoms with Gasteiger partial charge in [0.1, 0.15) is 0 Å². The summed E-state index contributed by atoms with van der Waals surface area (Å²) in [6, 6.07) is 12.6. The van der Waals surface area contributed by atoms with Crippen LogP contribution in [0.4, 0.5) is 11.4 Å². The summed E-state index contributed by atoms with van der Waals surface area (Å²) in [4.78, 5) is 29.3. The predicted molar refractivity (Wildman–Crippen MR) is 122 cm³/mol.